The number of hydrogen-bond acceptors (Lipinski definition) is 4. The van der Waals surface area contributed by atoms with Gasteiger partial charge in [-0.05, 0) is 12.0 Å². The Morgan fingerprint density at radius 1 is 1.29 bits per heavy atom. The van der Waals surface area contributed by atoms with Crippen LogP contribution in [0.3, 0.4) is 0 Å². The number of hydrogen-bond donors (Lipinski definition) is 2. The van der Waals surface area contributed by atoms with E-state index in [4.69, 9.17) is 9.84 Å². The van der Waals surface area contributed by atoms with Gasteiger partial charge in [-0.1, -0.05) is 30.3 Å². The largest absolute Gasteiger partial charge is 0.481 e. The quantitative estimate of drug-likeness (QED) is 0.748. The maximum atomic E-state index is 11.0. The van der Waals surface area contributed by atoms with E-state index in [1.807, 2.05) is 30.3 Å². The van der Waals surface area contributed by atoms with Crippen LogP contribution >= 0.6 is 0 Å². The summed E-state index contributed by atoms with van der Waals surface area (Å²) in [4.78, 5) is 13.3. The molecule has 1 heterocycles. The smallest absolute Gasteiger partial charge is 0.304 e. The maximum absolute atomic E-state index is 11.0. The van der Waals surface area contributed by atoms with E-state index in [0.717, 1.165) is 45.8 Å². The molecule has 116 valence electrons. The van der Waals surface area contributed by atoms with Crippen molar-refractivity contribution in [2.45, 2.75) is 18.9 Å². The fourth-order valence-electron chi connectivity index (χ4n) is 2.58. The Morgan fingerprint density at radius 2 is 2.00 bits per heavy atom. The number of nitrogens with zero attached hydrogens (tertiary/aromatic N) is 1. The van der Waals surface area contributed by atoms with Crippen molar-refractivity contribution in [2.24, 2.45) is 0 Å². The molecule has 2 N–H and O–H groups in total. The first-order valence-electron chi connectivity index (χ1n) is 7.53. The average Bonchev–Trinajstić information content (AvgIpc) is 2.49. The Hall–Kier alpha value is -1.43. The second kappa shape index (κ2) is 8.77. The molecule has 0 spiro atoms. The van der Waals surface area contributed by atoms with E-state index in [-0.39, 0.29) is 12.5 Å². The normalized spacial score (nSPS) is 17.5. The van der Waals surface area contributed by atoms with Crippen molar-refractivity contribution >= 4 is 5.97 Å². The molecule has 1 atom stereocenters. The molecular weight excluding hydrogens is 268 g/mol. The van der Waals surface area contributed by atoms with Crippen LogP contribution in [0.5, 0.6) is 0 Å². The summed E-state index contributed by atoms with van der Waals surface area (Å²) in [5.41, 5.74) is 1.17. The van der Waals surface area contributed by atoms with Crippen molar-refractivity contribution in [1.29, 1.82) is 0 Å². The third kappa shape index (κ3) is 6.25. The number of morpholine rings is 1. The predicted octanol–water partition coefficient (Wildman–Crippen LogP) is 0.994. The van der Waals surface area contributed by atoms with Gasteiger partial charge in [0.2, 0.25) is 0 Å². The van der Waals surface area contributed by atoms with E-state index >= 15 is 0 Å². The molecule has 1 aromatic carbocycles. The number of ether oxygens (including phenoxy) is 1. The number of carboxylic acid groups (broad SMARTS) is 1. The molecule has 0 aromatic heterocycles. The summed E-state index contributed by atoms with van der Waals surface area (Å²) in [7, 11) is 0. The Labute approximate surface area is 125 Å². The standard InChI is InChI=1S/C16H24N2O3/c19-16(20)13-15(12-14-4-2-1-3-5-14)17-6-7-18-8-10-21-11-9-18/h1-5,15,17H,6-13H2,(H,19,20). The summed E-state index contributed by atoms with van der Waals surface area (Å²) in [6.45, 7) is 5.26. The Morgan fingerprint density at radius 3 is 2.67 bits per heavy atom. The fraction of sp³-hybridized carbons (Fsp3) is 0.562. The lowest BCUT2D eigenvalue weighted by molar-refractivity contribution is -0.137. The van der Waals surface area contributed by atoms with E-state index in [9.17, 15) is 4.79 Å². The van der Waals surface area contributed by atoms with Gasteiger partial charge in [0.05, 0.1) is 19.6 Å². The number of benzene rings is 1. The zero-order chi connectivity index (χ0) is 14.9. The number of carboxylic acids is 1. The highest BCUT2D eigenvalue weighted by Gasteiger charge is 2.15. The lowest BCUT2D eigenvalue weighted by atomic mass is 10.0. The van der Waals surface area contributed by atoms with Crippen LogP contribution in [-0.2, 0) is 16.0 Å². The van der Waals surface area contributed by atoms with Crippen molar-refractivity contribution in [3.8, 4) is 0 Å². The molecule has 1 saturated heterocycles. The van der Waals surface area contributed by atoms with E-state index in [0.29, 0.717) is 0 Å². The molecule has 0 radical (unpaired) electrons. The molecule has 21 heavy (non-hydrogen) atoms. The Bertz CT molecular complexity index is 419. The van der Waals surface area contributed by atoms with Crippen LogP contribution in [0.25, 0.3) is 0 Å². The van der Waals surface area contributed by atoms with Crippen molar-refractivity contribution in [3.05, 3.63) is 35.9 Å². The summed E-state index contributed by atoms with van der Waals surface area (Å²) in [6, 6.07) is 10.0. The monoisotopic (exact) mass is 292 g/mol. The molecule has 1 unspecified atom stereocenters. The van der Waals surface area contributed by atoms with Gasteiger partial charge in [-0.15, -0.1) is 0 Å². The molecule has 1 aliphatic rings. The average molecular weight is 292 g/mol. The highest BCUT2D eigenvalue weighted by Crippen LogP contribution is 2.06. The first-order chi connectivity index (χ1) is 10.2. The van der Waals surface area contributed by atoms with Gasteiger partial charge in [-0.2, -0.15) is 0 Å². The topological polar surface area (TPSA) is 61.8 Å². The van der Waals surface area contributed by atoms with Crippen LogP contribution in [-0.4, -0.2) is 61.4 Å². The van der Waals surface area contributed by atoms with Gasteiger partial charge in [0, 0.05) is 32.2 Å². The molecule has 1 aromatic rings. The van der Waals surface area contributed by atoms with Crippen LogP contribution in [0.2, 0.25) is 0 Å². The maximum Gasteiger partial charge on any atom is 0.304 e. The van der Waals surface area contributed by atoms with E-state index in [1.54, 1.807) is 0 Å². The highest BCUT2D eigenvalue weighted by atomic mass is 16.5. The second-order valence-corrected chi connectivity index (χ2v) is 5.39. The first-order valence-corrected chi connectivity index (χ1v) is 7.53. The summed E-state index contributed by atoms with van der Waals surface area (Å²) >= 11 is 0. The minimum atomic E-state index is -0.755. The van der Waals surface area contributed by atoms with Crippen LogP contribution < -0.4 is 5.32 Å². The van der Waals surface area contributed by atoms with Gasteiger partial charge >= 0.3 is 5.97 Å². The summed E-state index contributed by atoms with van der Waals surface area (Å²) < 4.78 is 5.32. The van der Waals surface area contributed by atoms with E-state index < -0.39 is 5.97 Å². The van der Waals surface area contributed by atoms with Crippen LogP contribution in [0, 0.1) is 0 Å². The zero-order valence-corrected chi connectivity index (χ0v) is 12.3. The molecule has 1 aliphatic heterocycles. The van der Waals surface area contributed by atoms with E-state index in [2.05, 4.69) is 10.2 Å². The molecule has 0 saturated carbocycles. The van der Waals surface area contributed by atoms with Crippen LogP contribution in [0.1, 0.15) is 12.0 Å². The molecule has 1 fully saturated rings. The molecule has 5 nitrogen and oxygen atoms in total. The molecule has 0 bridgehead atoms. The molecule has 0 aliphatic carbocycles. The molecule has 5 heteroatoms. The molecule has 0 amide bonds. The molecular formula is C16H24N2O3. The second-order valence-electron chi connectivity index (χ2n) is 5.39. The Balaban J connectivity index is 1.77. The molecule has 2 rings (SSSR count). The van der Waals surface area contributed by atoms with Gasteiger partial charge in [0.15, 0.2) is 0 Å². The first kappa shape index (κ1) is 15.9. The lowest BCUT2D eigenvalue weighted by Gasteiger charge is -2.27. The SMILES string of the molecule is O=C(O)CC(Cc1ccccc1)NCCN1CCOCC1. The van der Waals surface area contributed by atoms with Gasteiger partial charge in [-0.25, -0.2) is 0 Å². The van der Waals surface area contributed by atoms with E-state index in [1.165, 1.54) is 5.56 Å². The highest BCUT2D eigenvalue weighted by molar-refractivity contribution is 5.67. The summed E-state index contributed by atoms with van der Waals surface area (Å²) in [6.07, 6.45) is 0.897. The fourth-order valence-corrected chi connectivity index (χ4v) is 2.58. The van der Waals surface area contributed by atoms with Crippen molar-refractivity contribution in [2.75, 3.05) is 39.4 Å². The third-order valence-electron chi connectivity index (χ3n) is 3.71. The van der Waals surface area contributed by atoms with Crippen LogP contribution in [0.4, 0.5) is 0 Å². The number of nitrogens with one attached hydrogen (secondary N) is 1. The Kier molecular flexibility index (Phi) is 6.66. The van der Waals surface area contributed by atoms with Crippen molar-refractivity contribution in [3.63, 3.8) is 0 Å². The van der Waals surface area contributed by atoms with Gasteiger partial charge in [0.25, 0.3) is 0 Å². The minimum absolute atomic E-state index is 0.0223. The number of aliphatic carboxylic acids is 1. The third-order valence-corrected chi connectivity index (χ3v) is 3.71. The summed E-state index contributed by atoms with van der Waals surface area (Å²) in [5, 5.41) is 12.4. The predicted molar refractivity (Wildman–Crippen MR) is 81.4 cm³/mol. The van der Waals surface area contributed by atoms with Gasteiger partial charge < -0.3 is 15.2 Å². The van der Waals surface area contributed by atoms with Crippen molar-refractivity contribution in [1.82, 2.24) is 10.2 Å². The zero-order valence-electron chi connectivity index (χ0n) is 12.3. The van der Waals surface area contributed by atoms with Crippen molar-refractivity contribution < 1.29 is 14.6 Å². The summed E-state index contributed by atoms with van der Waals surface area (Å²) in [5.74, 6) is -0.755. The number of rotatable bonds is 8. The van der Waals surface area contributed by atoms with Gasteiger partial charge in [-0.3, -0.25) is 9.69 Å². The minimum Gasteiger partial charge on any atom is -0.481 e. The number of carbonyl (C=O) groups is 1. The van der Waals surface area contributed by atoms with Gasteiger partial charge in [0.1, 0.15) is 0 Å². The lowest BCUT2D eigenvalue weighted by Crippen LogP contribution is -2.43. The van der Waals surface area contributed by atoms with Crippen LogP contribution in [0.15, 0.2) is 30.3 Å².